The highest BCUT2D eigenvalue weighted by Crippen LogP contribution is 2.65. The molecule has 4 rings (SSSR count). The summed E-state index contributed by atoms with van der Waals surface area (Å²) in [7, 11) is 1.69. The summed E-state index contributed by atoms with van der Waals surface area (Å²) in [5, 5.41) is 0.742. The van der Waals surface area contributed by atoms with E-state index >= 15 is 0 Å². The standard InChI is InChI=1S/C21H17ClO/c1-23-18-11-7-16(8-12-18)21(19-3-2-4-20(19)21)14-13-15-5-9-17(22)10-6-15/h2-3,5-12,19-20H,4H2,1H3. The Hall–Kier alpha value is -2.17. The van der Waals surface area contributed by atoms with Gasteiger partial charge in [-0.15, -0.1) is 0 Å². The van der Waals surface area contributed by atoms with Crippen molar-refractivity contribution in [3.8, 4) is 17.6 Å². The first-order valence-corrected chi connectivity index (χ1v) is 8.22. The van der Waals surface area contributed by atoms with Gasteiger partial charge in [0.2, 0.25) is 0 Å². The van der Waals surface area contributed by atoms with Gasteiger partial charge < -0.3 is 4.74 Å². The van der Waals surface area contributed by atoms with Crippen LogP contribution in [0.5, 0.6) is 5.75 Å². The lowest BCUT2D eigenvalue weighted by atomic mass is 9.89. The molecule has 1 fully saturated rings. The lowest BCUT2D eigenvalue weighted by Crippen LogP contribution is -2.10. The van der Waals surface area contributed by atoms with Crippen molar-refractivity contribution in [2.75, 3.05) is 7.11 Å². The van der Waals surface area contributed by atoms with E-state index in [0.717, 1.165) is 22.8 Å². The van der Waals surface area contributed by atoms with E-state index in [0.29, 0.717) is 11.8 Å². The van der Waals surface area contributed by atoms with Crippen LogP contribution in [0.15, 0.2) is 60.7 Å². The summed E-state index contributed by atoms with van der Waals surface area (Å²) in [6.07, 6.45) is 5.72. The molecule has 0 amide bonds. The normalized spacial score (nSPS) is 27.0. The van der Waals surface area contributed by atoms with E-state index in [1.165, 1.54) is 5.56 Å². The van der Waals surface area contributed by atoms with Crippen molar-refractivity contribution in [3.63, 3.8) is 0 Å². The molecule has 0 N–H and O–H groups in total. The maximum absolute atomic E-state index is 5.95. The number of rotatable bonds is 2. The fourth-order valence-corrected chi connectivity index (χ4v) is 3.84. The second-order valence-electron chi connectivity index (χ2n) is 6.15. The zero-order chi connectivity index (χ0) is 15.9. The van der Waals surface area contributed by atoms with E-state index in [1.54, 1.807) is 7.11 Å². The summed E-state index contributed by atoms with van der Waals surface area (Å²) in [4.78, 5) is 0. The number of fused-ring (bicyclic) bond motifs is 1. The Balaban J connectivity index is 1.71. The maximum atomic E-state index is 5.95. The first-order chi connectivity index (χ1) is 11.2. The largest absolute Gasteiger partial charge is 0.497 e. The fourth-order valence-electron chi connectivity index (χ4n) is 3.71. The molecule has 2 aliphatic carbocycles. The highest BCUT2D eigenvalue weighted by molar-refractivity contribution is 6.30. The summed E-state index contributed by atoms with van der Waals surface area (Å²) in [6, 6.07) is 16.1. The van der Waals surface area contributed by atoms with Gasteiger partial charge in [0, 0.05) is 16.5 Å². The van der Waals surface area contributed by atoms with Gasteiger partial charge in [-0.1, -0.05) is 47.7 Å². The third kappa shape index (κ3) is 2.35. The molecule has 0 aliphatic heterocycles. The van der Waals surface area contributed by atoms with Crippen LogP contribution in [0.4, 0.5) is 0 Å². The molecule has 23 heavy (non-hydrogen) atoms. The van der Waals surface area contributed by atoms with Crippen LogP contribution in [0.25, 0.3) is 0 Å². The van der Waals surface area contributed by atoms with E-state index in [4.69, 9.17) is 16.3 Å². The second-order valence-corrected chi connectivity index (χ2v) is 6.59. The van der Waals surface area contributed by atoms with Gasteiger partial charge in [0.1, 0.15) is 5.75 Å². The number of halogens is 1. The maximum Gasteiger partial charge on any atom is 0.118 e. The van der Waals surface area contributed by atoms with Gasteiger partial charge in [-0.25, -0.2) is 0 Å². The van der Waals surface area contributed by atoms with Crippen LogP contribution in [0.1, 0.15) is 17.5 Å². The molecule has 0 radical (unpaired) electrons. The van der Waals surface area contributed by atoms with Gasteiger partial charge in [-0.2, -0.15) is 0 Å². The molecule has 0 aromatic heterocycles. The van der Waals surface area contributed by atoms with E-state index in [9.17, 15) is 0 Å². The Labute approximate surface area is 141 Å². The minimum Gasteiger partial charge on any atom is -0.497 e. The lowest BCUT2D eigenvalue weighted by Gasteiger charge is -2.14. The van der Waals surface area contributed by atoms with Crippen LogP contribution in [0.3, 0.4) is 0 Å². The van der Waals surface area contributed by atoms with Gasteiger partial charge in [0.25, 0.3) is 0 Å². The first-order valence-electron chi connectivity index (χ1n) is 7.84. The molecule has 2 aromatic carbocycles. The Morgan fingerprint density at radius 1 is 1.09 bits per heavy atom. The number of hydrogen-bond acceptors (Lipinski definition) is 1. The molecular weight excluding hydrogens is 304 g/mol. The zero-order valence-corrected chi connectivity index (χ0v) is 13.7. The fraction of sp³-hybridized carbons (Fsp3) is 0.238. The van der Waals surface area contributed by atoms with Crippen LogP contribution in [0.2, 0.25) is 5.02 Å². The second kappa shape index (κ2) is 5.48. The van der Waals surface area contributed by atoms with Gasteiger partial charge in [-0.3, -0.25) is 0 Å². The monoisotopic (exact) mass is 320 g/mol. The highest BCUT2D eigenvalue weighted by Gasteiger charge is 2.64. The number of ether oxygens (including phenoxy) is 1. The van der Waals surface area contributed by atoms with Crippen molar-refractivity contribution in [1.29, 1.82) is 0 Å². The Morgan fingerprint density at radius 2 is 1.83 bits per heavy atom. The number of allylic oxidation sites excluding steroid dienone is 2. The molecular formula is C21H17ClO. The smallest absolute Gasteiger partial charge is 0.118 e. The van der Waals surface area contributed by atoms with E-state index in [2.05, 4.69) is 36.1 Å². The van der Waals surface area contributed by atoms with Gasteiger partial charge in [-0.05, 0) is 54.3 Å². The summed E-state index contributed by atoms with van der Waals surface area (Å²) in [5.74, 6) is 8.96. The van der Waals surface area contributed by atoms with Crippen molar-refractivity contribution in [2.45, 2.75) is 11.8 Å². The average molecular weight is 321 g/mol. The summed E-state index contributed by atoms with van der Waals surface area (Å²) in [5.41, 5.74) is 2.26. The Kier molecular flexibility index (Phi) is 3.43. The van der Waals surface area contributed by atoms with Crippen molar-refractivity contribution >= 4 is 11.6 Å². The number of methoxy groups -OCH3 is 1. The lowest BCUT2D eigenvalue weighted by molar-refractivity contribution is 0.414. The molecule has 1 saturated carbocycles. The highest BCUT2D eigenvalue weighted by atomic mass is 35.5. The Bertz CT molecular complexity index is 808. The molecule has 3 unspecified atom stereocenters. The minimum absolute atomic E-state index is 0.0410. The third-order valence-corrected chi connectivity index (χ3v) is 5.25. The predicted molar refractivity (Wildman–Crippen MR) is 93.7 cm³/mol. The topological polar surface area (TPSA) is 9.23 Å². The number of hydrogen-bond donors (Lipinski definition) is 0. The van der Waals surface area contributed by atoms with Crippen molar-refractivity contribution in [2.24, 2.45) is 11.8 Å². The van der Waals surface area contributed by atoms with Crippen LogP contribution in [0, 0.1) is 23.7 Å². The summed E-state index contributed by atoms with van der Waals surface area (Å²) >= 11 is 5.95. The minimum atomic E-state index is -0.0410. The average Bonchev–Trinajstić information content (AvgIpc) is 2.94. The SMILES string of the molecule is COc1ccc(C2(C#Cc3ccc(Cl)cc3)C3C=CCC32)cc1. The van der Waals surface area contributed by atoms with Crippen molar-refractivity contribution in [3.05, 3.63) is 76.8 Å². The quantitative estimate of drug-likeness (QED) is 0.568. The molecule has 1 nitrogen and oxygen atoms in total. The molecule has 114 valence electrons. The molecule has 0 saturated heterocycles. The molecule has 0 bridgehead atoms. The van der Waals surface area contributed by atoms with E-state index < -0.39 is 0 Å². The van der Waals surface area contributed by atoms with Crippen LogP contribution >= 0.6 is 11.6 Å². The predicted octanol–water partition coefficient (Wildman–Crippen LogP) is 4.84. The zero-order valence-electron chi connectivity index (χ0n) is 12.9. The van der Waals surface area contributed by atoms with Crippen LogP contribution < -0.4 is 4.74 Å². The van der Waals surface area contributed by atoms with Crippen LogP contribution in [-0.4, -0.2) is 7.11 Å². The van der Waals surface area contributed by atoms with Crippen LogP contribution in [-0.2, 0) is 5.41 Å². The molecule has 0 heterocycles. The van der Waals surface area contributed by atoms with Gasteiger partial charge >= 0.3 is 0 Å². The van der Waals surface area contributed by atoms with E-state index in [1.807, 2.05) is 36.4 Å². The van der Waals surface area contributed by atoms with Gasteiger partial charge in [0.05, 0.1) is 12.5 Å². The molecule has 2 aromatic rings. The molecule has 2 heteroatoms. The molecule has 2 aliphatic rings. The van der Waals surface area contributed by atoms with Crippen molar-refractivity contribution in [1.82, 2.24) is 0 Å². The number of benzene rings is 2. The molecule has 3 atom stereocenters. The Morgan fingerprint density at radius 3 is 2.43 bits per heavy atom. The summed E-state index contributed by atoms with van der Waals surface area (Å²) in [6.45, 7) is 0. The molecule has 0 spiro atoms. The third-order valence-electron chi connectivity index (χ3n) is 4.99. The van der Waals surface area contributed by atoms with Crippen molar-refractivity contribution < 1.29 is 4.74 Å². The first kappa shape index (κ1) is 14.4. The van der Waals surface area contributed by atoms with Gasteiger partial charge in [0.15, 0.2) is 0 Å². The van der Waals surface area contributed by atoms with E-state index in [-0.39, 0.29) is 5.41 Å². The summed E-state index contributed by atoms with van der Waals surface area (Å²) < 4.78 is 5.27.